The van der Waals surface area contributed by atoms with Crippen LogP contribution in [0.1, 0.15) is 53.0 Å². The highest BCUT2D eigenvalue weighted by molar-refractivity contribution is 5.94. The van der Waals surface area contributed by atoms with Crippen molar-refractivity contribution in [2.24, 2.45) is 0 Å². The van der Waals surface area contributed by atoms with Crippen molar-refractivity contribution in [1.29, 1.82) is 0 Å². The van der Waals surface area contributed by atoms with E-state index in [1.807, 2.05) is 11.0 Å². The predicted molar refractivity (Wildman–Crippen MR) is 124 cm³/mol. The quantitative estimate of drug-likeness (QED) is 0.711. The Balaban J connectivity index is 1.15. The summed E-state index contributed by atoms with van der Waals surface area (Å²) in [5, 5.41) is 0. The third-order valence-electron chi connectivity index (χ3n) is 7.27. The van der Waals surface area contributed by atoms with Gasteiger partial charge in [0.25, 0.3) is 5.91 Å². The summed E-state index contributed by atoms with van der Waals surface area (Å²) in [7, 11) is 0. The first-order valence-electron chi connectivity index (χ1n) is 12.3. The Labute approximate surface area is 194 Å². The van der Waals surface area contributed by atoms with Crippen molar-refractivity contribution in [3.05, 3.63) is 40.7 Å². The highest BCUT2D eigenvalue weighted by Crippen LogP contribution is 2.33. The fraction of sp³-hybridized carbons (Fsp3) is 0.560. The molecule has 4 aliphatic rings. The number of aryl methyl sites for hydroxylation is 1. The van der Waals surface area contributed by atoms with E-state index in [4.69, 9.17) is 19.4 Å². The van der Waals surface area contributed by atoms with Gasteiger partial charge >= 0.3 is 0 Å². The number of carbonyl (C=O) groups is 1. The van der Waals surface area contributed by atoms with Gasteiger partial charge in [0.2, 0.25) is 12.7 Å². The van der Waals surface area contributed by atoms with Crippen molar-refractivity contribution in [3.63, 3.8) is 0 Å². The Kier molecular flexibility index (Phi) is 5.54. The van der Waals surface area contributed by atoms with E-state index < -0.39 is 0 Å². The van der Waals surface area contributed by atoms with Crippen LogP contribution in [0, 0.1) is 0 Å². The van der Waals surface area contributed by atoms with E-state index in [1.165, 1.54) is 18.4 Å². The first kappa shape index (κ1) is 20.7. The third-order valence-corrected chi connectivity index (χ3v) is 7.27. The van der Waals surface area contributed by atoms with Crippen molar-refractivity contribution in [2.75, 3.05) is 51.0 Å². The molecule has 4 heterocycles. The molecule has 33 heavy (non-hydrogen) atoms. The number of ether oxygens (including phenoxy) is 2. The first-order chi connectivity index (χ1) is 16.2. The van der Waals surface area contributed by atoms with Gasteiger partial charge in [0.05, 0.1) is 0 Å². The number of fused-ring (bicyclic) bond motifs is 2. The summed E-state index contributed by atoms with van der Waals surface area (Å²) in [5.74, 6) is 2.48. The zero-order valence-corrected chi connectivity index (χ0v) is 19.1. The van der Waals surface area contributed by atoms with Gasteiger partial charge in [-0.15, -0.1) is 0 Å². The minimum atomic E-state index is 0.0822. The molecule has 2 aromatic rings. The highest BCUT2D eigenvalue weighted by atomic mass is 16.7. The van der Waals surface area contributed by atoms with Crippen LogP contribution in [0.15, 0.2) is 18.2 Å². The standard InChI is InChI=1S/C25H31N5O3/c31-24(23-19-5-1-2-6-20(19)26-25(27-23)30-9-3-4-10-30)29-13-11-28(12-14-29)16-18-7-8-21-22(15-18)33-17-32-21/h7-8,15H,1-6,9-14,16-17H2. The molecule has 174 valence electrons. The van der Waals surface area contributed by atoms with Crippen LogP contribution < -0.4 is 14.4 Å². The third kappa shape index (κ3) is 4.12. The number of aromatic nitrogens is 2. The molecule has 0 bridgehead atoms. The summed E-state index contributed by atoms with van der Waals surface area (Å²) in [6.07, 6.45) is 6.49. The molecular formula is C25H31N5O3. The maximum absolute atomic E-state index is 13.6. The fourth-order valence-electron chi connectivity index (χ4n) is 5.37. The molecule has 2 fully saturated rings. The normalized spacial score (nSPS) is 20.2. The predicted octanol–water partition coefficient (Wildman–Crippen LogP) is 2.64. The monoisotopic (exact) mass is 449 g/mol. The highest BCUT2D eigenvalue weighted by Gasteiger charge is 2.29. The molecular weight excluding hydrogens is 418 g/mol. The average molecular weight is 450 g/mol. The van der Waals surface area contributed by atoms with Crippen LogP contribution in [0.3, 0.4) is 0 Å². The Bertz CT molecular complexity index is 1040. The second-order valence-corrected chi connectivity index (χ2v) is 9.45. The lowest BCUT2D eigenvalue weighted by Gasteiger charge is -2.35. The van der Waals surface area contributed by atoms with E-state index in [-0.39, 0.29) is 5.91 Å². The van der Waals surface area contributed by atoms with Gasteiger partial charge < -0.3 is 19.3 Å². The molecule has 6 rings (SSSR count). The molecule has 1 aromatic carbocycles. The van der Waals surface area contributed by atoms with Gasteiger partial charge in [-0.1, -0.05) is 6.07 Å². The van der Waals surface area contributed by atoms with Crippen molar-refractivity contribution in [2.45, 2.75) is 45.1 Å². The summed E-state index contributed by atoms with van der Waals surface area (Å²) in [4.78, 5) is 30.0. The molecule has 2 saturated heterocycles. The van der Waals surface area contributed by atoms with Crippen LogP contribution in [0.4, 0.5) is 5.95 Å². The Morgan fingerprint density at radius 2 is 1.67 bits per heavy atom. The number of piperazine rings is 1. The van der Waals surface area contributed by atoms with E-state index in [2.05, 4.69) is 21.9 Å². The summed E-state index contributed by atoms with van der Waals surface area (Å²) in [6.45, 7) is 6.28. The van der Waals surface area contributed by atoms with Gasteiger partial charge in [0.1, 0.15) is 5.69 Å². The minimum absolute atomic E-state index is 0.0822. The first-order valence-corrected chi connectivity index (χ1v) is 12.3. The molecule has 3 aliphatic heterocycles. The Morgan fingerprint density at radius 1 is 0.879 bits per heavy atom. The zero-order valence-electron chi connectivity index (χ0n) is 19.1. The van der Waals surface area contributed by atoms with Crippen LogP contribution in [0.2, 0.25) is 0 Å². The molecule has 0 radical (unpaired) electrons. The molecule has 8 heteroatoms. The second-order valence-electron chi connectivity index (χ2n) is 9.45. The lowest BCUT2D eigenvalue weighted by atomic mass is 9.94. The van der Waals surface area contributed by atoms with Gasteiger partial charge in [-0.2, -0.15) is 0 Å². The van der Waals surface area contributed by atoms with Crippen molar-refractivity contribution in [3.8, 4) is 11.5 Å². The SMILES string of the molecule is O=C(c1nc(N2CCCC2)nc2c1CCCC2)N1CCN(Cc2ccc3c(c2)OCO3)CC1. The van der Waals surface area contributed by atoms with Crippen LogP contribution in [0.5, 0.6) is 11.5 Å². The van der Waals surface area contributed by atoms with Gasteiger partial charge in [-0.3, -0.25) is 9.69 Å². The lowest BCUT2D eigenvalue weighted by molar-refractivity contribution is 0.0621. The number of hydrogen-bond acceptors (Lipinski definition) is 7. The van der Waals surface area contributed by atoms with Crippen LogP contribution in [-0.4, -0.2) is 71.7 Å². The maximum atomic E-state index is 13.6. The maximum Gasteiger partial charge on any atom is 0.273 e. The Morgan fingerprint density at radius 3 is 2.52 bits per heavy atom. The molecule has 0 saturated carbocycles. The number of anilines is 1. The summed E-state index contributed by atoms with van der Waals surface area (Å²) >= 11 is 0. The van der Waals surface area contributed by atoms with Crippen molar-refractivity contribution >= 4 is 11.9 Å². The van der Waals surface area contributed by atoms with Crippen molar-refractivity contribution in [1.82, 2.24) is 19.8 Å². The second kappa shape index (κ2) is 8.82. The smallest absolute Gasteiger partial charge is 0.273 e. The molecule has 0 unspecified atom stereocenters. The molecule has 1 amide bonds. The summed E-state index contributed by atoms with van der Waals surface area (Å²) in [5.41, 5.74) is 4.06. The number of nitrogens with zero attached hydrogens (tertiary/aromatic N) is 5. The number of amides is 1. The van der Waals surface area contributed by atoms with Crippen LogP contribution >= 0.6 is 0 Å². The number of hydrogen-bond donors (Lipinski definition) is 0. The number of benzene rings is 1. The average Bonchev–Trinajstić information content (AvgIpc) is 3.55. The van der Waals surface area contributed by atoms with E-state index in [1.54, 1.807) is 0 Å². The van der Waals surface area contributed by atoms with Gasteiger partial charge in [0.15, 0.2) is 11.5 Å². The molecule has 0 spiro atoms. The van der Waals surface area contributed by atoms with Crippen molar-refractivity contribution < 1.29 is 14.3 Å². The zero-order chi connectivity index (χ0) is 22.2. The van der Waals surface area contributed by atoms with Crippen LogP contribution in [0.25, 0.3) is 0 Å². The molecule has 0 N–H and O–H groups in total. The summed E-state index contributed by atoms with van der Waals surface area (Å²) in [6, 6.07) is 6.14. The molecule has 8 nitrogen and oxygen atoms in total. The number of rotatable bonds is 4. The van der Waals surface area contributed by atoms with Gasteiger partial charge in [-0.25, -0.2) is 9.97 Å². The van der Waals surface area contributed by atoms with Gasteiger partial charge in [0, 0.05) is 57.1 Å². The van der Waals surface area contributed by atoms with Crippen LogP contribution in [-0.2, 0) is 19.4 Å². The van der Waals surface area contributed by atoms with E-state index in [0.717, 1.165) is 100 Å². The van der Waals surface area contributed by atoms with E-state index in [9.17, 15) is 4.79 Å². The Hall–Kier alpha value is -2.87. The van der Waals surface area contributed by atoms with E-state index >= 15 is 0 Å². The summed E-state index contributed by atoms with van der Waals surface area (Å²) < 4.78 is 10.9. The van der Waals surface area contributed by atoms with E-state index in [0.29, 0.717) is 12.5 Å². The number of carbonyl (C=O) groups excluding carboxylic acids is 1. The lowest BCUT2D eigenvalue weighted by Crippen LogP contribution is -2.48. The molecule has 0 atom stereocenters. The topological polar surface area (TPSA) is 71.0 Å². The molecule has 1 aliphatic carbocycles. The largest absolute Gasteiger partial charge is 0.454 e. The minimum Gasteiger partial charge on any atom is -0.454 e. The molecule has 1 aromatic heterocycles. The van der Waals surface area contributed by atoms with Gasteiger partial charge in [-0.05, 0) is 56.2 Å². The fourth-order valence-corrected chi connectivity index (χ4v) is 5.37.